The summed E-state index contributed by atoms with van der Waals surface area (Å²) >= 11 is 0. The number of hydrogen-bond acceptors (Lipinski definition) is 1. The second-order valence-electron chi connectivity index (χ2n) is 6.24. The lowest BCUT2D eigenvalue weighted by Gasteiger charge is -2.22. The molecule has 0 saturated heterocycles. The maximum Gasteiger partial charge on any atom is 0.336 e. The quantitative estimate of drug-likeness (QED) is 0.699. The molecule has 3 aromatic carbocycles. The molecule has 3 aromatic rings. The predicted molar refractivity (Wildman–Crippen MR) is 106 cm³/mol. The Morgan fingerprint density at radius 2 is 1.36 bits per heavy atom. The average Bonchev–Trinajstić information content (AvgIpc) is 2.63. The Hall–Kier alpha value is -2.44. The molecule has 0 aliphatic carbocycles. The minimum atomic E-state index is -0.921. The molecule has 0 aromatic heterocycles. The molecule has 25 heavy (non-hydrogen) atoms. The minimum absolute atomic E-state index is 0.352. The Morgan fingerprint density at radius 1 is 0.840 bits per heavy atom. The van der Waals surface area contributed by atoms with Gasteiger partial charge in [0.2, 0.25) is 0 Å². The van der Waals surface area contributed by atoms with E-state index >= 15 is 0 Å². The standard InChI is InChI=1S/C22H21O2P/c1-16(2)17-13-14-20(22(23)24)21(15-17)25(18-9-5-3-6-10-18)19-11-7-4-8-12-19/h3-16H,1-2H3,(H,23,24). The van der Waals surface area contributed by atoms with E-state index < -0.39 is 13.9 Å². The smallest absolute Gasteiger partial charge is 0.336 e. The highest BCUT2D eigenvalue weighted by molar-refractivity contribution is 7.80. The first-order chi connectivity index (χ1) is 12.1. The number of carboxylic acid groups (broad SMARTS) is 1. The summed E-state index contributed by atoms with van der Waals surface area (Å²) in [5, 5.41) is 13.0. The van der Waals surface area contributed by atoms with Crippen molar-refractivity contribution in [3.8, 4) is 0 Å². The molecule has 0 amide bonds. The average molecular weight is 348 g/mol. The van der Waals surface area contributed by atoms with E-state index in [1.54, 1.807) is 6.07 Å². The van der Waals surface area contributed by atoms with Crippen molar-refractivity contribution in [2.24, 2.45) is 0 Å². The first-order valence-electron chi connectivity index (χ1n) is 8.35. The van der Waals surface area contributed by atoms with Gasteiger partial charge in [-0.15, -0.1) is 0 Å². The van der Waals surface area contributed by atoms with Crippen LogP contribution in [0.1, 0.15) is 35.7 Å². The van der Waals surface area contributed by atoms with Crippen molar-refractivity contribution in [1.82, 2.24) is 0 Å². The molecule has 0 bridgehead atoms. The highest BCUT2D eigenvalue weighted by atomic mass is 31.1. The number of carboxylic acids is 1. The topological polar surface area (TPSA) is 37.3 Å². The van der Waals surface area contributed by atoms with Crippen molar-refractivity contribution < 1.29 is 9.90 Å². The zero-order valence-corrected chi connectivity index (χ0v) is 15.3. The van der Waals surface area contributed by atoms with Gasteiger partial charge in [-0.2, -0.15) is 0 Å². The third kappa shape index (κ3) is 3.81. The normalized spacial score (nSPS) is 11.0. The van der Waals surface area contributed by atoms with Gasteiger partial charge in [-0.3, -0.25) is 0 Å². The minimum Gasteiger partial charge on any atom is -0.478 e. The number of aromatic carboxylic acids is 1. The van der Waals surface area contributed by atoms with E-state index in [9.17, 15) is 9.90 Å². The van der Waals surface area contributed by atoms with Crippen LogP contribution in [0.3, 0.4) is 0 Å². The van der Waals surface area contributed by atoms with Crippen LogP contribution in [0.5, 0.6) is 0 Å². The van der Waals surface area contributed by atoms with Crippen LogP contribution < -0.4 is 15.9 Å². The maximum atomic E-state index is 11.9. The van der Waals surface area contributed by atoms with Gasteiger partial charge in [0, 0.05) is 0 Å². The second kappa shape index (κ2) is 7.63. The summed E-state index contributed by atoms with van der Waals surface area (Å²) in [6.45, 7) is 4.26. The van der Waals surface area contributed by atoms with Crippen molar-refractivity contribution in [2.75, 3.05) is 0 Å². The lowest BCUT2D eigenvalue weighted by molar-refractivity contribution is 0.0698. The van der Waals surface area contributed by atoms with E-state index in [1.165, 1.54) is 5.56 Å². The first-order valence-corrected chi connectivity index (χ1v) is 9.69. The molecule has 3 heteroatoms. The number of hydrogen-bond donors (Lipinski definition) is 1. The molecule has 2 nitrogen and oxygen atoms in total. The van der Waals surface area contributed by atoms with Crippen molar-refractivity contribution >= 4 is 29.8 Å². The van der Waals surface area contributed by atoms with E-state index in [4.69, 9.17) is 0 Å². The van der Waals surface area contributed by atoms with Gasteiger partial charge >= 0.3 is 5.97 Å². The van der Waals surface area contributed by atoms with Gasteiger partial charge in [0.25, 0.3) is 0 Å². The molecule has 0 radical (unpaired) electrons. The van der Waals surface area contributed by atoms with E-state index in [2.05, 4.69) is 44.2 Å². The fraction of sp³-hybridized carbons (Fsp3) is 0.136. The monoisotopic (exact) mass is 348 g/mol. The molecular formula is C22H21O2P. The van der Waals surface area contributed by atoms with Crippen LogP contribution in [0.4, 0.5) is 0 Å². The molecule has 0 aliphatic rings. The van der Waals surface area contributed by atoms with Gasteiger partial charge in [0.15, 0.2) is 0 Å². The van der Waals surface area contributed by atoms with Crippen LogP contribution in [0, 0.1) is 0 Å². The molecule has 3 rings (SSSR count). The van der Waals surface area contributed by atoms with Gasteiger partial charge in [-0.1, -0.05) is 80.6 Å². The Labute approximate surface area is 149 Å². The summed E-state index contributed by atoms with van der Waals surface area (Å²) < 4.78 is 0. The lowest BCUT2D eigenvalue weighted by Crippen LogP contribution is -2.25. The zero-order chi connectivity index (χ0) is 17.8. The third-order valence-electron chi connectivity index (χ3n) is 4.19. The van der Waals surface area contributed by atoms with Gasteiger partial charge in [-0.05, 0) is 47.4 Å². The molecule has 0 aliphatic heterocycles. The molecule has 126 valence electrons. The van der Waals surface area contributed by atoms with Crippen LogP contribution in [0.2, 0.25) is 0 Å². The Kier molecular flexibility index (Phi) is 5.31. The Bertz CT molecular complexity index is 818. The summed E-state index contributed by atoms with van der Waals surface area (Å²) in [6.07, 6.45) is 0. The van der Waals surface area contributed by atoms with Gasteiger partial charge in [-0.25, -0.2) is 4.79 Å². The SMILES string of the molecule is CC(C)c1ccc(C(=O)O)c(P(c2ccccc2)c2ccccc2)c1. The van der Waals surface area contributed by atoms with Crippen LogP contribution in [0.25, 0.3) is 0 Å². The predicted octanol–water partition coefficient (Wildman–Crippen LogP) is 4.27. The van der Waals surface area contributed by atoms with Gasteiger partial charge in [0.05, 0.1) is 5.56 Å². The highest BCUT2D eigenvalue weighted by Crippen LogP contribution is 2.35. The lowest BCUT2D eigenvalue weighted by atomic mass is 10.0. The van der Waals surface area contributed by atoms with E-state index in [0.29, 0.717) is 11.5 Å². The summed E-state index contributed by atoms with van der Waals surface area (Å²) in [7, 11) is -0.921. The first kappa shape index (κ1) is 17.4. The fourth-order valence-electron chi connectivity index (χ4n) is 2.86. The van der Waals surface area contributed by atoms with Crippen molar-refractivity contribution in [1.29, 1.82) is 0 Å². The van der Waals surface area contributed by atoms with E-state index in [1.807, 2.05) is 42.5 Å². The van der Waals surface area contributed by atoms with Crippen molar-refractivity contribution in [2.45, 2.75) is 19.8 Å². The summed E-state index contributed by atoms with van der Waals surface area (Å²) in [5.41, 5.74) is 1.56. The zero-order valence-electron chi connectivity index (χ0n) is 14.4. The van der Waals surface area contributed by atoms with Crippen LogP contribution in [-0.2, 0) is 0 Å². The molecule has 0 fully saturated rings. The summed E-state index contributed by atoms with van der Waals surface area (Å²) in [6, 6.07) is 26.2. The number of carbonyl (C=O) groups is 1. The second-order valence-corrected chi connectivity index (χ2v) is 8.43. The molecule has 0 atom stereocenters. The molecule has 0 spiro atoms. The van der Waals surface area contributed by atoms with Crippen molar-refractivity contribution in [3.05, 3.63) is 90.0 Å². The van der Waals surface area contributed by atoms with Gasteiger partial charge < -0.3 is 5.11 Å². The van der Waals surface area contributed by atoms with Crippen LogP contribution >= 0.6 is 7.92 Å². The Balaban J connectivity index is 2.26. The molecule has 1 N–H and O–H groups in total. The Morgan fingerprint density at radius 3 is 1.80 bits per heavy atom. The highest BCUT2D eigenvalue weighted by Gasteiger charge is 2.23. The van der Waals surface area contributed by atoms with Crippen LogP contribution in [0.15, 0.2) is 78.9 Å². The van der Waals surface area contributed by atoms with E-state index in [0.717, 1.165) is 15.9 Å². The fourth-order valence-corrected chi connectivity index (χ4v) is 5.34. The largest absolute Gasteiger partial charge is 0.478 e. The van der Waals surface area contributed by atoms with Crippen LogP contribution in [-0.4, -0.2) is 11.1 Å². The van der Waals surface area contributed by atoms with Crippen molar-refractivity contribution in [3.63, 3.8) is 0 Å². The molecule has 0 saturated carbocycles. The van der Waals surface area contributed by atoms with E-state index in [-0.39, 0.29) is 0 Å². The number of rotatable bonds is 5. The molecular weight excluding hydrogens is 327 g/mol. The molecule has 0 unspecified atom stereocenters. The molecule has 0 heterocycles. The van der Waals surface area contributed by atoms with Gasteiger partial charge in [0.1, 0.15) is 0 Å². The maximum absolute atomic E-state index is 11.9. The summed E-state index contributed by atoms with van der Waals surface area (Å²) in [5.74, 6) is -0.519. The summed E-state index contributed by atoms with van der Waals surface area (Å²) in [4.78, 5) is 11.9. The third-order valence-corrected chi connectivity index (χ3v) is 6.67. The number of benzene rings is 3.